The number of nitrogens with one attached hydrogen (secondary N) is 1. The summed E-state index contributed by atoms with van der Waals surface area (Å²) < 4.78 is 5.67. The smallest absolute Gasteiger partial charge is 0.256 e. The first kappa shape index (κ1) is 16.8. The summed E-state index contributed by atoms with van der Waals surface area (Å²) >= 11 is 12.0. The molecule has 6 heteroatoms. The van der Waals surface area contributed by atoms with Gasteiger partial charge in [-0.3, -0.25) is 4.79 Å². The summed E-state index contributed by atoms with van der Waals surface area (Å²) in [5, 5.41) is 12.8. The van der Waals surface area contributed by atoms with Gasteiger partial charge in [-0.2, -0.15) is 0 Å². The molecule has 1 aliphatic rings. The van der Waals surface area contributed by atoms with E-state index in [1.807, 2.05) is 0 Å². The fourth-order valence-electron chi connectivity index (χ4n) is 2.48. The largest absolute Gasteiger partial charge is 0.493 e. The van der Waals surface area contributed by atoms with Crippen LogP contribution in [0.25, 0.3) is 11.6 Å². The van der Waals surface area contributed by atoms with Crippen molar-refractivity contribution in [3.8, 4) is 5.75 Å². The minimum absolute atomic E-state index is 0.0561. The van der Waals surface area contributed by atoms with Crippen LogP contribution in [0.4, 0.5) is 5.69 Å². The number of ether oxygens (including phenoxy) is 1. The number of hydrogen-bond donors (Lipinski definition) is 2. The lowest BCUT2D eigenvalue weighted by Gasteiger charge is -2.10. The van der Waals surface area contributed by atoms with Crippen molar-refractivity contribution in [1.29, 1.82) is 0 Å². The molecule has 0 unspecified atom stereocenters. The maximum absolute atomic E-state index is 12.3. The predicted molar refractivity (Wildman–Crippen MR) is 96.6 cm³/mol. The average Bonchev–Trinajstić information content (AvgIpc) is 2.84. The van der Waals surface area contributed by atoms with E-state index in [2.05, 4.69) is 5.32 Å². The molecule has 2 aromatic carbocycles. The molecule has 4 nitrogen and oxygen atoms in total. The van der Waals surface area contributed by atoms with Crippen molar-refractivity contribution < 1.29 is 14.6 Å². The van der Waals surface area contributed by atoms with E-state index in [1.54, 1.807) is 42.5 Å². The molecule has 1 amide bonds. The first-order valence-electron chi connectivity index (χ1n) is 7.44. The fraction of sp³-hybridized carbons (Fsp3) is 0.167. The molecule has 3 rings (SSSR count). The zero-order valence-electron chi connectivity index (χ0n) is 12.7. The first-order valence-corrected chi connectivity index (χ1v) is 8.20. The van der Waals surface area contributed by atoms with Crippen LogP contribution in [0.15, 0.2) is 36.4 Å². The van der Waals surface area contributed by atoms with Gasteiger partial charge in [0.25, 0.3) is 5.91 Å². The van der Waals surface area contributed by atoms with E-state index in [9.17, 15) is 4.79 Å². The molecule has 1 aliphatic heterocycles. The van der Waals surface area contributed by atoms with Crippen LogP contribution in [0.1, 0.15) is 17.5 Å². The third-order valence-corrected chi connectivity index (χ3v) is 4.07. The number of hydrogen-bond acceptors (Lipinski definition) is 3. The van der Waals surface area contributed by atoms with E-state index >= 15 is 0 Å². The van der Waals surface area contributed by atoms with Crippen LogP contribution in [0, 0.1) is 0 Å². The van der Waals surface area contributed by atoms with Crippen molar-refractivity contribution in [3.63, 3.8) is 0 Å². The lowest BCUT2D eigenvalue weighted by Crippen LogP contribution is -2.04. The van der Waals surface area contributed by atoms with E-state index in [-0.39, 0.29) is 12.5 Å². The van der Waals surface area contributed by atoms with Gasteiger partial charge in [0, 0.05) is 39.8 Å². The second-order valence-electron chi connectivity index (χ2n) is 5.31. The predicted octanol–water partition coefficient (Wildman–Crippen LogP) is 4.25. The summed E-state index contributed by atoms with van der Waals surface area (Å²) in [6.45, 7) is 0.438. The van der Waals surface area contributed by atoms with Crippen molar-refractivity contribution in [2.45, 2.75) is 6.42 Å². The highest BCUT2D eigenvalue weighted by Crippen LogP contribution is 2.36. The molecule has 0 bridgehead atoms. The number of halogens is 2. The SMILES string of the molecule is O=C1Nc2cc(Cl)ccc2C1=Cc1cc(Cl)ccc1OCCCO. The lowest BCUT2D eigenvalue weighted by atomic mass is 10.0. The molecule has 0 fully saturated rings. The molecule has 1 heterocycles. The minimum atomic E-state index is -0.200. The Labute approximate surface area is 149 Å². The zero-order chi connectivity index (χ0) is 17.1. The Morgan fingerprint density at radius 2 is 1.88 bits per heavy atom. The number of amides is 1. The monoisotopic (exact) mass is 363 g/mol. The molecule has 0 aliphatic carbocycles. The van der Waals surface area contributed by atoms with Gasteiger partial charge >= 0.3 is 0 Å². The van der Waals surface area contributed by atoms with Gasteiger partial charge in [0.2, 0.25) is 0 Å². The molecule has 2 aromatic rings. The van der Waals surface area contributed by atoms with E-state index < -0.39 is 0 Å². The van der Waals surface area contributed by atoms with Crippen LogP contribution in [0.5, 0.6) is 5.75 Å². The van der Waals surface area contributed by atoms with Crippen LogP contribution in [-0.2, 0) is 4.79 Å². The first-order chi connectivity index (χ1) is 11.6. The van der Waals surface area contributed by atoms with Crippen molar-refractivity contribution >= 4 is 46.4 Å². The molecule has 0 atom stereocenters. The normalized spacial score (nSPS) is 14.6. The molecule has 0 saturated heterocycles. The number of carbonyl (C=O) groups excluding carboxylic acids is 1. The zero-order valence-corrected chi connectivity index (χ0v) is 14.2. The summed E-state index contributed by atoms with van der Waals surface area (Å²) in [6.07, 6.45) is 2.27. The van der Waals surface area contributed by atoms with Crippen molar-refractivity contribution in [2.24, 2.45) is 0 Å². The molecule has 2 N–H and O–H groups in total. The number of carbonyl (C=O) groups is 1. The second kappa shape index (κ2) is 7.26. The highest BCUT2D eigenvalue weighted by molar-refractivity contribution is 6.37. The Morgan fingerprint density at radius 1 is 1.12 bits per heavy atom. The van der Waals surface area contributed by atoms with Crippen molar-refractivity contribution in [1.82, 2.24) is 0 Å². The van der Waals surface area contributed by atoms with Gasteiger partial charge in [-0.1, -0.05) is 29.3 Å². The van der Waals surface area contributed by atoms with Gasteiger partial charge in [-0.15, -0.1) is 0 Å². The molecule has 0 radical (unpaired) electrons. The number of aliphatic hydroxyl groups excluding tert-OH is 1. The Bertz CT molecular complexity index is 818. The van der Waals surface area contributed by atoms with Gasteiger partial charge in [0.15, 0.2) is 0 Å². The van der Waals surface area contributed by atoms with E-state index in [0.717, 1.165) is 5.56 Å². The molecule has 0 spiro atoms. The van der Waals surface area contributed by atoms with Crippen LogP contribution in [0.3, 0.4) is 0 Å². The minimum Gasteiger partial charge on any atom is -0.493 e. The number of rotatable bonds is 5. The van der Waals surface area contributed by atoms with Gasteiger partial charge in [-0.05, 0) is 36.4 Å². The summed E-state index contributed by atoms with van der Waals surface area (Å²) in [7, 11) is 0. The van der Waals surface area contributed by atoms with E-state index in [1.165, 1.54) is 0 Å². The van der Waals surface area contributed by atoms with Crippen LogP contribution in [-0.4, -0.2) is 24.2 Å². The molecular weight excluding hydrogens is 349 g/mol. The highest BCUT2D eigenvalue weighted by atomic mass is 35.5. The van der Waals surface area contributed by atoms with Crippen molar-refractivity contribution in [3.05, 3.63) is 57.6 Å². The maximum Gasteiger partial charge on any atom is 0.256 e. The molecule has 0 aromatic heterocycles. The highest BCUT2D eigenvalue weighted by Gasteiger charge is 2.24. The Morgan fingerprint density at radius 3 is 2.67 bits per heavy atom. The number of aliphatic hydroxyl groups is 1. The number of anilines is 1. The van der Waals surface area contributed by atoms with Gasteiger partial charge < -0.3 is 15.2 Å². The van der Waals surface area contributed by atoms with E-state index in [0.29, 0.717) is 45.6 Å². The van der Waals surface area contributed by atoms with Gasteiger partial charge in [-0.25, -0.2) is 0 Å². The van der Waals surface area contributed by atoms with Gasteiger partial charge in [0.05, 0.1) is 12.3 Å². The van der Waals surface area contributed by atoms with E-state index in [4.69, 9.17) is 33.0 Å². The van der Waals surface area contributed by atoms with Crippen molar-refractivity contribution in [2.75, 3.05) is 18.5 Å². The number of benzene rings is 2. The summed E-state index contributed by atoms with van der Waals surface area (Å²) in [5.41, 5.74) is 2.69. The summed E-state index contributed by atoms with van der Waals surface area (Å²) in [4.78, 5) is 12.3. The molecular formula is C18H15Cl2NO3. The maximum atomic E-state index is 12.3. The van der Waals surface area contributed by atoms with Crippen LogP contribution in [0.2, 0.25) is 10.0 Å². The third-order valence-electron chi connectivity index (χ3n) is 3.60. The lowest BCUT2D eigenvalue weighted by molar-refractivity contribution is -0.110. The Kier molecular flexibility index (Phi) is 5.09. The summed E-state index contributed by atoms with van der Waals surface area (Å²) in [5.74, 6) is 0.407. The quantitative estimate of drug-likeness (QED) is 0.616. The van der Waals surface area contributed by atoms with Crippen LogP contribution < -0.4 is 10.1 Å². The molecule has 124 valence electrons. The third kappa shape index (κ3) is 3.56. The fourth-order valence-corrected chi connectivity index (χ4v) is 2.83. The second-order valence-corrected chi connectivity index (χ2v) is 6.18. The Balaban J connectivity index is 1.99. The average molecular weight is 364 g/mol. The number of fused-ring (bicyclic) bond motifs is 1. The van der Waals surface area contributed by atoms with Gasteiger partial charge in [0.1, 0.15) is 5.75 Å². The summed E-state index contributed by atoms with van der Waals surface area (Å²) in [6, 6.07) is 10.5. The standard InChI is InChI=1S/C18H15Cl2NO3/c19-12-3-5-17(24-7-1-6-22)11(8-12)9-15-14-4-2-13(20)10-16(14)21-18(15)23/h2-5,8-10,22H,1,6-7H2,(H,21,23). The Hall–Kier alpha value is -2.01. The molecule has 0 saturated carbocycles. The molecule has 24 heavy (non-hydrogen) atoms. The topological polar surface area (TPSA) is 58.6 Å². The van der Waals surface area contributed by atoms with Crippen LogP contribution >= 0.6 is 23.2 Å².